The maximum atomic E-state index is 4.91. The topological polar surface area (TPSA) is 85.2 Å². The molecule has 3 aromatic heterocycles. The summed E-state index contributed by atoms with van der Waals surface area (Å²) in [7, 11) is 0. The van der Waals surface area contributed by atoms with Gasteiger partial charge in [0.25, 0.3) is 0 Å². The van der Waals surface area contributed by atoms with E-state index in [0.29, 0.717) is 5.82 Å². The minimum absolute atomic E-state index is 0.537. The SMILES string of the molecule is CCc1nc2c(C)cc(C)cc2n1Cc1ccc(-c2ccncc2-c2nn[nH]n2)cc1. The van der Waals surface area contributed by atoms with Crippen molar-refractivity contribution >= 4 is 11.0 Å². The fourth-order valence-electron chi connectivity index (χ4n) is 4.14. The Kier molecular flexibility index (Phi) is 4.78. The number of nitrogens with one attached hydrogen (secondary N) is 1. The Morgan fingerprint density at radius 3 is 2.58 bits per heavy atom. The molecule has 0 aliphatic carbocycles. The Morgan fingerprint density at radius 1 is 1.00 bits per heavy atom. The lowest BCUT2D eigenvalue weighted by molar-refractivity contribution is 0.753. The number of H-pyrrole nitrogens is 1. The van der Waals surface area contributed by atoms with Crippen LogP contribution in [0.2, 0.25) is 0 Å². The summed E-state index contributed by atoms with van der Waals surface area (Å²) in [6.45, 7) is 7.22. The number of rotatable bonds is 5. The van der Waals surface area contributed by atoms with Gasteiger partial charge in [0.2, 0.25) is 5.82 Å². The van der Waals surface area contributed by atoms with Gasteiger partial charge in [0.1, 0.15) is 5.82 Å². The molecule has 1 N–H and O–H groups in total. The van der Waals surface area contributed by atoms with Crippen molar-refractivity contribution in [1.29, 1.82) is 0 Å². The van der Waals surface area contributed by atoms with Crippen molar-refractivity contribution in [3.8, 4) is 22.5 Å². The van der Waals surface area contributed by atoms with Gasteiger partial charge in [-0.05, 0) is 59.0 Å². The standard InChI is InChI=1S/C24H23N7/c1-4-22-26-23-16(3)11-15(2)12-21(23)31(22)14-17-5-7-18(8-6-17)19-9-10-25-13-20(19)24-27-29-30-28-24/h5-13H,4,14H2,1-3H3,(H,27,28,29,30). The molecule has 0 spiro atoms. The highest BCUT2D eigenvalue weighted by Gasteiger charge is 2.14. The number of tetrazole rings is 1. The molecular weight excluding hydrogens is 386 g/mol. The molecule has 3 heterocycles. The molecule has 0 unspecified atom stereocenters. The second-order valence-electron chi connectivity index (χ2n) is 7.77. The largest absolute Gasteiger partial charge is 0.323 e. The van der Waals surface area contributed by atoms with E-state index >= 15 is 0 Å². The zero-order valence-corrected chi connectivity index (χ0v) is 17.8. The quantitative estimate of drug-likeness (QED) is 0.462. The van der Waals surface area contributed by atoms with Gasteiger partial charge in [-0.3, -0.25) is 4.98 Å². The number of nitrogens with zero attached hydrogens (tertiary/aromatic N) is 6. The van der Waals surface area contributed by atoms with Crippen molar-refractivity contribution in [1.82, 2.24) is 35.2 Å². The Bertz CT molecular complexity index is 1350. The van der Waals surface area contributed by atoms with Crippen molar-refractivity contribution in [3.05, 3.63) is 77.4 Å². The summed E-state index contributed by atoms with van der Waals surface area (Å²) in [4.78, 5) is 9.13. The Balaban J connectivity index is 1.51. The van der Waals surface area contributed by atoms with Gasteiger partial charge in [-0.15, -0.1) is 10.2 Å². The molecule has 31 heavy (non-hydrogen) atoms. The summed E-state index contributed by atoms with van der Waals surface area (Å²) in [5.74, 6) is 1.65. The summed E-state index contributed by atoms with van der Waals surface area (Å²) in [5, 5.41) is 14.4. The van der Waals surface area contributed by atoms with Crippen molar-refractivity contribution in [2.45, 2.75) is 33.7 Å². The average Bonchev–Trinajstić information content (AvgIpc) is 3.43. The monoisotopic (exact) mass is 409 g/mol. The van der Waals surface area contributed by atoms with Crippen molar-refractivity contribution in [2.24, 2.45) is 0 Å². The number of benzene rings is 2. The zero-order chi connectivity index (χ0) is 21.4. The number of imidazole rings is 1. The number of hydrogen-bond donors (Lipinski definition) is 1. The van der Waals surface area contributed by atoms with Gasteiger partial charge < -0.3 is 4.57 Å². The molecule has 154 valence electrons. The molecule has 0 radical (unpaired) electrons. The number of aromatic nitrogens is 7. The first-order valence-corrected chi connectivity index (χ1v) is 10.4. The molecule has 7 nitrogen and oxygen atoms in total. The number of fused-ring (bicyclic) bond motifs is 1. The average molecular weight is 409 g/mol. The first kappa shape index (κ1) is 19.1. The van der Waals surface area contributed by atoms with Gasteiger partial charge in [-0.1, -0.05) is 37.3 Å². The molecule has 2 aromatic carbocycles. The van der Waals surface area contributed by atoms with E-state index in [1.165, 1.54) is 22.2 Å². The maximum absolute atomic E-state index is 4.91. The van der Waals surface area contributed by atoms with Crippen LogP contribution < -0.4 is 0 Å². The van der Waals surface area contributed by atoms with E-state index < -0.39 is 0 Å². The van der Waals surface area contributed by atoms with Crippen LogP contribution in [0.15, 0.2) is 54.9 Å². The van der Waals surface area contributed by atoms with Crippen LogP contribution in [0.1, 0.15) is 29.4 Å². The van der Waals surface area contributed by atoms with E-state index in [2.05, 4.69) is 87.3 Å². The number of aryl methyl sites for hydroxylation is 3. The predicted octanol–water partition coefficient (Wildman–Crippen LogP) is 4.51. The normalized spacial score (nSPS) is 11.3. The van der Waals surface area contributed by atoms with Crippen LogP contribution in [0.25, 0.3) is 33.5 Å². The number of hydrogen-bond acceptors (Lipinski definition) is 5. The second-order valence-corrected chi connectivity index (χ2v) is 7.77. The second kappa shape index (κ2) is 7.75. The van der Waals surface area contributed by atoms with Gasteiger partial charge in [0.05, 0.1) is 11.0 Å². The molecule has 0 saturated carbocycles. The Hall–Kier alpha value is -3.87. The molecular formula is C24H23N7. The van der Waals surface area contributed by atoms with E-state index in [1.54, 1.807) is 12.4 Å². The van der Waals surface area contributed by atoms with Gasteiger partial charge in [0.15, 0.2) is 0 Å². The van der Waals surface area contributed by atoms with E-state index in [-0.39, 0.29) is 0 Å². The van der Waals surface area contributed by atoms with Gasteiger partial charge in [-0.25, -0.2) is 4.98 Å². The van der Waals surface area contributed by atoms with Gasteiger partial charge in [-0.2, -0.15) is 5.21 Å². The first-order valence-electron chi connectivity index (χ1n) is 10.4. The lowest BCUT2D eigenvalue weighted by atomic mass is 10.00. The molecule has 0 atom stereocenters. The van der Waals surface area contributed by atoms with E-state index in [1.807, 2.05) is 6.07 Å². The van der Waals surface area contributed by atoms with Crippen molar-refractivity contribution in [2.75, 3.05) is 0 Å². The maximum Gasteiger partial charge on any atom is 0.206 e. The lowest BCUT2D eigenvalue weighted by Crippen LogP contribution is -2.04. The smallest absolute Gasteiger partial charge is 0.206 e. The summed E-state index contributed by atoms with van der Waals surface area (Å²) in [6, 6.07) is 15.0. The van der Waals surface area contributed by atoms with Crippen LogP contribution in [-0.4, -0.2) is 35.2 Å². The van der Waals surface area contributed by atoms with Crippen molar-refractivity contribution in [3.63, 3.8) is 0 Å². The van der Waals surface area contributed by atoms with Gasteiger partial charge >= 0.3 is 0 Å². The third-order valence-electron chi connectivity index (χ3n) is 5.60. The van der Waals surface area contributed by atoms with Crippen LogP contribution in [0.3, 0.4) is 0 Å². The fourth-order valence-corrected chi connectivity index (χ4v) is 4.14. The molecule has 0 aliphatic rings. The highest BCUT2D eigenvalue weighted by atomic mass is 15.5. The Morgan fingerprint density at radius 2 is 1.84 bits per heavy atom. The van der Waals surface area contributed by atoms with Crippen LogP contribution in [0.4, 0.5) is 0 Å². The highest BCUT2D eigenvalue weighted by Crippen LogP contribution is 2.29. The third kappa shape index (κ3) is 3.48. The summed E-state index contributed by atoms with van der Waals surface area (Å²) < 4.78 is 2.33. The van der Waals surface area contributed by atoms with Crippen LogP contribution in [-0.2, 0) is 13.0 Å². The number of aromatic amines is 1. The van der Waals surface area contributed by atoms with E-state index in [0.717, 1.165) is 41.0 Å². The predicted molar refractivity (Wildman–Crippen MR) is 121 cm³/mol. The minimum Gasteiger partial charge on any atom is -0.323 e. The summed E-state index contributed by atoms with van der Waals surface area (Å²) >= 11 is 0. The summed E-state index contributed by atoms with van der Waals surface area (Å²) in [6.07, 6.45) is 4.45. The molecule has 5 aromatic rings. The fraction of sp³-hybridized carbons (Fsp3) is 0.208. The van der Waals surface area contributed by atoms with Crippen LogP contribution in [0.5, 0.6) is 0 Å². The Labute approximate surface area is 180 Å². The lowest BCUT2D eigenvalue weighted by Gasteiger charge is -2.11. The zero-order valence-electron chi connectivity index (χ0n) is 17.8. The van der Waals surface area contributed by atoms with Crippen LogP contribution in [0, 0.1) is 13.8 Å². The molecule has 0 saturated heterocycles. The van der Waals surface area contributed by atoms with Crippen molar-refractivity contribution < 1.29 is 0 Å². The number of pyridine rings is 1. The van der Waals surface area contributed by atoms with E-state index in [4.69, 9.17) is 4.98 Å². The summed E-state index contributed by atoms with van der Waals surface area (Å²) in [5.41, 5.74) is 8.98. The minimum atomic E-state index is 0.537. The third-order valence-corrected chi connectivity index (χ3v) is 5.60. The van der Waals surface area contributed by atoms with E-state index in [9.17, 15) is 0 Å². The molecule has 0 bridgehead atoms. The van der Waals surface area contributed by atoms with Crippen LogP contribution >= 0.6 is 0 Å². The van der Waals surface area contributed by atoms with Gasteiger partial charge in [0, 0.05) is 30.9 Å². The molecule has 0 amide bonds. The molecule has 0 aliphatic heterocycles. The molecule has 5 rings (SSSR count). The first-order chi connectivity index (χ1) is 15.1. The highest BCUT2D eigenvalue weighted by molar-refractivity contribution is 5.81. The molecule has 7 heteroatoms. The molecule has 0 fully saturated rings.